The van der Waals surface area contributed by atoms with E-state index in [-0.39, 0.29) is 11.8 Å². The molecular formula is C18H18ClNO2. The Labute approximate surface area is 135 Å². The molecule has 1 amide bonds. The molecule has 3 rings (SSSR count). The molecular weight excluding hydrogens is 298 g/mol. The Kier molecular flexibility index (Phi) is 5.34. The van der Waals surface area contributed by atoms with E-state index in [0.29, 0.717) is 5.56 Å². The van der Waals surface area contributed by atoms with Crippen LogP contribution in [-0.2, 0) is 11.2 Å². The standard InChI is InChI=1S/C10H11NO.C8H7ClO/c11-10(12)9-6-5-7-3-1-2-4-8(7)9;1-6-2-4-7(5-3-6)8(9)10/h1-4,9H,5-6H2,(H2,11,12);2-5H,1H3. The highest BCUT2D eigenvalue weighted by Crippen LogP contribution is 2.32. The molecule has 22 heavy (non-hydrogen) atoms. The van der Waals surface area contributed by atoms with Crippen molar-refractivity contribution >= 4 is 22.8 Å². The third-order valence-corrected chi connectivity index (χ3v) is 3.97. The molecule has 0 saturated heterocycles. The molecule has 1 unspecified atom stereocenters. The number of rotatable bonds is 2. The summed E-state index contributed by atoms with van der Waals surface area (Å²) in [6.07, 6.45) is 1.87. The van der Waals surface area contributed by atoms with Crippen LogP contribution in [0, 0.1) is 6.92 Å². The highest BCUT2D eigenvalue weighted by atomic mass is 35.5. The van der Waals surface area contributed by atoms with Crippen molar-refractivity contribution in [2.75, 3.05) is 0 Å². The van der Waals surface area contributed by atoms with Crippen LogP contribution in [0.3, 0.4) is 0 Å². The van der Waals surface area contributed by atoms with E-state index in [1.54, 1.807) is 12.1 Å². The van der Waals surface area contributed by atoms with Gasteiger partial charge in [0.15, 0.2) is 0 Å². The number of benzene rings is 2. The van der Waals surface area contributed by atoms with E-state index in [9.17, 15) is 9.59 Å². The Morgan fingerprint density at radius 2 is 1.73 bits per heavy atom. The van der Waals surface area contributed by atoms with Crippen LogP contribution in [0.1, 0.15) is 39.4 Å². The minimum absolute atomic E-state index is 0.0406. The maximum atomic E-state index is 11.0. The molecule has 2 N–H and O–H groups in total. The average Bonchev–Trinajstić information content (AvgIpc) is 2.92. The van der Waals surface area contributed by atoms with Gasteiger partial charge < -0.3 is 5.73 Å². The Balaban J connectivity index is 0.000000164. The lowest BCUT2D eigenvalue weighted by Crippen LogP contribution is -2.19. The fourth-order valence-corrected chi connectivity index (χ4v) is 2.66. The Bertz CT molecular complexity index is 680. The number of nitrogens with two attached hydrogens (primary N) is 1. The molecule has 0 radical (unpaired) electrons. The molecule has 3 nitrogen and oxygen atoms in total. The molecule has 0 fully saturated rings. The summed E-state index contributed by atoms with van der Waals surface area (Å²) in [7, 11) is 0. The summed E-state index contributed by atoms with van der Waals surface area (Å²) in [5, 5.41) is -0.403. The summed E-state index contributed by atoms with van der Waals surface area (Å²) in [6, 6.07) is 15.2. The molecule has 2 aromatic carbocycles. The predicted molar refractivity (Wildman–Crippen MR) is 88.1 cm³/mol. The number of carbonyl (C=O) groups excluding carboxylic acids is 2. The molecule has 0 spiro atoms. The van der Waals surface area contributed by atoms with E-state index >= 15 is 0 Å². The molecule has 0 aliphatic heterocycles. The molecule has 1 aliphatic carbocycles. The molecule has 1 aliphatic rings. The molecule has 2 aromatic rings. The van der Waals surface area contributed by atoms with Crippen LogP contribution in [0.15, 0.2) is 48.5 Å². The number of amides is 1. The predicted octanol–water partition coefficient (Wildman–Crippen LogP) is 3.58. The molecule has 0 aromatic heterocycles. The highest BCUT2D eigenvalue weighted by Gasteiger charge is 2.25. The summed E-state index contributed by atoms with van der Waals surface area (Å²) in [5.74, 6) is -0.235. The van der Waals surface area contributed by atoms with Crippen LogP contribution in [0.2, 0.25) is 0 Å². The van der Waals surface area contributed by atoms with Gasteiger partial charge in [0.1, 0.15) is 0 Å². The normalized spacial score (nSPS) is 15.5. The second kappa shape index (κ2) is 7.23. The number of primary amides is 1. The summed E-state index contributed by atoms with van der Waals surface area (Å²) in [4.78, 5) is 21.5. The summed E-state index contributed by atoms with van der Waals surface area (Å²) < 4.78 is 0. The van der Waals surface area contributed by atoms with Crippen molar-refractivity contribution in [3.8, 4) is 0 Å². The molecule has 0 bridgehead atoms. The lowest BCUT2D eigenvalue weighted by molar-refractivity contribution is -0.119. The topological polar surface area (TPSA) is 60.2 Å². The van der Waals surface area contributed by atoms with Gasteiger partial charge in [0, 0.05) is 5.56 Å². The van der Waals surface area contributed by atoms with Crippen molar-refractivity contribution in [2.45, 2.75) is 25.7 Å². The van der Waals surface area contributed by atoms with Crippen LogP contribution in [0.4, 0.5) is 0 Å². The second-order valence-corrected chi connectivity index (χ2v) is 5.68. The molecule has 114 valence electrons. The number of hydrogen-bond donors (Lipinski definition) is 1. The Morgan fingerprint density at radius 1 is 1.09 bits per heavy atom. The first-order chi connectivity index (χ1) is 10.5. The van der Waals surface area contributed by atoms with E-state index in [4.69, 9.17) is 17.3 Å². The lowest BCUT2D eigenvalue weighted by Gasteiger charge is -2.05. The van der Waals surface area contributed by atoms with Crippen LogP contribution < -0.4 is 5.73 Å². The van der Waals surface area contributed by atoms with Gasteiger partial charge in [-0.1, -0.05) is 42.0 Å². The van der Waals surface area contributed by atoms with Gasteiger partial charge in [-0.05, 0) is 54.6 Å². The van der Waals surface area contributed by atoms with Gasteiger partial charge in [0.25, 0.3) is 5.24 Å². The Hall–Kier alpha value is -2.13. The number of aryl methyl sites for hydroxylation is 2. The van der Waals surface area contributed by atoms with Crippen molar-refractivity contribution in [2.24, 2.45) is 5.73 Å². The zero-order valence-corrected chi connectivity index (χ0v) is 13.1. The van der Waals surface area contributed by atoms with Crippen LogP contribution in [0.5, 0.6) is 0 Å². The SMILES string of the molecule is Cc1ccc(C(=O)Cl)cc1.NC(=O)C1CCc2ccccc21. The minimum atomic E-state index is -0.403. The number of fused-ring (bicyclic) bond motifs is 1. The second-order valence-electron chi connectivity index (χ2n) is 5.33. The molecule has 4 heteroatoms. The lowest BCUT2D eigenvalue weighted by atomic mass is 10.0. The number of halogens is 1. The first kappa shape index (κ1) is 16.2. The third kappa shape index (κ3) is 3.95. The number of carbonyl (C=O) groups is 2. The fourth-order valence-electron chi connectivity index (χ4n) is 2.54. The number of hydrogen-bond acceptors (Lipinski definition) is 2. The fraction of sp³-hybridized carbons (Fsp3) is 0.222. The maximum absolute atomic E-state index is 11.0. The van der Waals surface area contributed by atoms with Crippen LogP contribution in [-0.4, -0.2) is 11.1 Å². The Morgan fingerprint density at radius 3 is 2.32 bits per heavy atom. The zero-order chi connectivity index (χ0) is 16.1. The third-order valence-electron chi connectivity index (χ3n) is 3.75. The van der Waals surface area contributed by atoms with Gasteiger partial charge in [-0.25, -0.2) is 0 Å². The van der Waals surface area contributed by atoms with E-state index < -0.39 is 5.24 Å². The van der Waals surface area contributed by atoms with Gasteiger partial charge in [0.2, 0.25) is 5.91 Å². The van der Waals surface area contributed by atoms with E-state index in [1.807, 2.05) is 37.3 Å². The van der Waals surface area contributed by atoms with E-state index in [2.05, 4.69) is 6.07 Å². The van der Waals surface area contributed by atoms with Gasteiger partial charge in [0.05, 0.1) is 5.92 Å². The summed E-state index contributed by atoms with van der Waals surface area (Å²) >= 11 is 5.22. The van der Waals surface area contributed by atoms with Gasteiger partial charge in [-0.3, -0.25) is 9.59 Å². The van der Waals surface area contributed by atoms with Crippen molar-refractivity contribution in [3.63, 3.8) is 0 Å². The molecule has 1 atom stereocenters. The van der Waals surface area contributed by atoms with Gasteiger partial charge >= 0.3 is 0 Å². The first-order valence-corrected chi connectivity index (χ1v) is 7.50. The summed E-state index contributed by atoms with van der Waals surface area (Å²) in [5.41, 5.74) is 9.36. The zero-order valence-electron chi connectivity index (χ0n) is 12.4. The van der Waals surface area contributed by atoms with Gasteiger partial charge in [-0.15, -0.1) is 0 Å². The molecule has 0 heterocycles. The smallest absolute Gasteiger partial charge is 0.252 e. The van der Waals surface area contributed by atoms with Crippen LogP contribution in [0.25, 0.3) is 0 Å². The highest BCUT2D eigenvalue weighted by molar-refractivity contribution is 6.67. The van der Waals surface area contributed by atoms with E-state index in [1.165, 1.54) is 5.56 Å². The van der Waals surface area contributed by atoms with E-state index in [0.717, 1.165) is 24.0 Å². The molecule has 0 saturated carbocycles. The monoisotopic (exact) mass is 315 g/mol. The van der Waals surface area contributed by atoms with Gasteiger partial charge in [-0.2, -0.15) is 0 Å². The quantitative estimate of drug-likeness (QED) is 0.861. The average molecular weight is 316 g/mol. The first-order valence-electron chi connectivity index (χ1n) is 7.12. The van der Waals surface area contributed by atoms with Crippen molar-refractivity contribution in [1.29, 1.82) is 0 Å². The summed E-state index contributed by atoms with van der Waals surface area (Å²) in [6.45, 7) is 1.96. The minimum Gasteiger partial charge on any atom is -0.369 e. The maximum Gasteiger partial charge on any atom is 0.252 e. The van der Waals surface area contributed by atoms with Crippen molar-refractivity contribution in [1.82, 2.24) is 0 Å². The van der Waals surface area contributed by atoms with Crippen molar-refractivity contribution < 1.29 is 9.59 Å². The van der Waals surface area contributed by atoms with Crippen LogP contribution >= 0.6 is 11.6 Å². The van der Waals surface area contributed by atoms with Crippen molar-refractivity contribution in [3.05, 3.63) is 70.8 Å². The largest absolute Gasteiger partial charge is 0.369 e.